The summed E-state index contributed by atoms with van der Waals surface area (Å²) < 4.78 is 44.7. The molecule has 1 atom stereocenters. The number of benzene rings is 1. The van der Waals surface area contributed by atoms with Crippen molar-refractivity contribution in [1.29, 1.82) is 0 Å². The molecule has 0 spiro atoms. The minimum atomic E-state index is -3.17. The predicted octanol–water partition coefficient (Wildman–Crippen LogP) is 3.90. The lowest BCUT2D eigenvalue weighted by atomic mass is 9.90. The summed E-state index contributed by atoms with van der Waals surface area (Å²) in [7, 11) is -3.17. The molecule has 2 N–H and O–H groups in total. The minimum absolute atomic E-state index is 0.0843. The van der Waals surface area contributed by atoms with Crippen LogP contribution in [0.1, 0.15) is 57.4 Å². The molecule has 26 heavy (non-hydrogen) atoms. The van der Waals surface area contributed by atoms with Crippen molar-refractivity contribution < 1.29 is 17.5 Å². The minimum Gasteiger partial charge on any atom is -0.490 e. The normalized spacial score (nSPS) is 16.0. The molecule has 1 saturated carbocycles. The Morgan fingerprint density at radius 2 is 1.96 bits per heavy atom. The molecule has 0 aliphatic heterocycles. The van der Waals surface area contributed by atoms with Crippen molar-refractivity contribution in [3.8, 4) is 5.75 Å². The largest absolute Gasteiger partial charge is 0.490 e. The van der Waals surface area contributed by atoms with Gasteiger partial charge in [-0.3, -0.25) is 0 Å². The maximum absolute atomic E-state index is 14.0. The van der Waals surface area contributed by atoms with Crippen LogP contribution in [0.4, 0.5) is 4.39 Å². The van der Waals surface area contributed by atoms with Gasteiger partial charge in [0.1, 0.15) is 0 Å². The van der Waals surface area contributed by atoms with E-state index in [1.165, 1.54) is 6.07 Å². The fraction of sp³-hybridized carbons (Fsp3) is 0.700. The fourth-order valence-corrected chi connectivity index (χ4v) is 4.96. The molecule has 0 heterocycles. The van der Waals surface area contributed by atoms with Crippen LogP contribution in [0.15, 0.2) is 18.2 Å². The lowest BCUT2D eigenvalue weighted by Crippen LogP contribution is -2.21. The maximum atomic E-state index is 14.0. The number of rotatable bonds is 12. The summed E-state index contributed by atoms with van der Waals surface area (Å²) in [5.41, 5.74) is 6.29. The molecule has 0 aromatic heterocycles. The first-order valence-electron chi connectivity index (χ1n) is 9.65. The Labute approximate surface area is 157 Å². The van der Waals surface area contributed by atoms with Crippen LogP contribution >= 0.6 is 0 Å². The summed E-state index contributed by atoms with van der Waals surface area (Å²) in [5.74, 6) is 0.618. The molecule has 6 heteroatoms. The highest BCUT2D eigenvalue weighted by Crippen LogP contribution is 2.33. The maximum Gasteiger partial charge on any atom is 0.165 e. The van der Waals surface area contributed by atoms with Gasteiger partial charge < -0.3 is 10.5 Å². The van der Waals surface area contributed by atoms with E-state index in [0.717, 1.165) is 31.2 Å². The second kappa shape index (κ2) is 9.70. The summed E-state index contributed by atoms with van der Waals surface area (Å²) in [6, 6.07) is 4.76. The van der Waals surface area contributed by atoms with Crippen LogP contribution in [0.2, 0.25) is 0 Å². The molecular weight excluding hydrogens is 353 g/mol. The third-order valence-electron chi connectivity index (χ3n) is 4.95. The van der Waals surface area contributed by atoms with Crippen molar-refractivity contribution in [2.45, 2.75) is 51.9 Å². The molecule has 2 rings (SSSR count). The van der Waals surface area contributed by atoms with E-state index in [0.29, 0.717) is 25.5 Å². The number of sulfone groups is 1. The highest BCUT2D eigenvalue weighted by molar-refractivity contribution is 7.91. The highest BCUT2D eigenvalue weighted by Gasteiger charge is 2.26. The van der Waals surface area contributed by atoms with Crippen LogP contribution in [-0.4, -0.2) is 33.1 Å². The summed E-state index contributed by atoms with van der Waals surface area (Å²) in [4.78, 5) is 0. The zero-order valence-electron chi connectivity index (χ0n) is 15.9. The summed E-state index contributed by atoms with van der Waals surface area (Å²) in [6.07, 6.45) is 4.60. The molecule has 4 nitrogen and oxygen atoms in total. The number of nitrogens with two attached hydrogens (primary N) is 1. The molecule has 1 aromatic carbocycles. The van der Waals surface area contributed by atoms with Gasteiger partial charge in [-0.25, -0.2) is 12.8 Å². The van der Waals surface area contributed by atoms with Gasteiger partial charge in [0.2, 0.25) is 0 Å². The van der Waals surface area contributed by atoms with Gasteiger partial charge in [-0.1, -0.05) is 26.3 Å². The van der Waals surface area contributed by atoms with Gasteiger partial charge in [-0.15, -0.1) is 0 Å². The van der Waals surface area contributed by atoms with E-state index in [2.05, 4.69) is 0 Å². The van der Waals surface area contributed by atoms with E-state index in [4.69, 9.17) is 10.5 Å². The van der Waals surface area contributed by atoms with Gasteiger partial charge in [-0.05, 0) is 61.8 Å². The number of halogens is 1. The lowest BCUT2D eigenvalue weighted by Gasteiger charge is -2.22. The monoisotopic (exact) mass is 385 g/mol. The summed E-state index contributed by atoms with van der Waals surface area (Å²) in [6.45, 7) is 5.13. The molecule has 0 amide bonds. The Balaban J connectivity index is 2.06. The van der Waals surface area contributed by atoms with Gasteiger partial charge in [0.05, 0.1) is 18.1 Å². The Bertz CT molecular complexity index is 672. The Morgan fingerprint density at radius 1 is 1.23 bits per heavy atom. The molecule has 148 valence electrons. The number of hydrogen-bond donors (Lipinski definition) is 1. The first kappa shape index (κ1) is 21.2. The molecule has 1 aromatic rings. The van der Waals surface area contributed by atoms with Crippen molar-refractivity contribution in [3.05, 3.63) is 29.6 Å². The van der Waals surface area contributed by atoms with E-state index in [1.807, 2.05) is 13.8 Å². The third kappa shape index (κ3) is 6.88. The molecule has 0 radical (unpaired) electrons. The average molecular weight is 386 g/mol. The number of hydrogen-bond acceptors (Lipinski definition) is 4. The van der Waals surface area contributed by atoms with Crippen LogP contribution in [-0.2, 0) is 9.84 Å². The van der Waals surface area contributed by atoms with Gasteiger partial charge in [0.15, 0.2) is 21.4 Å². The molecule has 0 saturated heterocycles. The smallest absolute Gasteiger partial charge is 0.165 e. The zero-order valence-corrected chi connectivity index (χ0v) is 16.7. The third-order valence-corrected chi connectivity index (χ3v) is 6.73. The van der Waals surface area contributed by atoms with E-state index in [1.54, 1.807) is 12.1 Å². The van der Waals surface area contributed by atoms with Crippen molar-refractivity contribution in [2.24, 2.45) is 17.6 Å². The van der Waals surface area contributed by atoms with Crippen molar-refractivity contribution in [1.82, 2.24) is 0 Å². The predicted molar refractivity (Wildman–Crippen MR) is 104 cm³/mol. The molecular formula is C20H32FNO3S. The van der Waals surface area contributed by atoms with Crippen molar-refractivity contribution in [2.75, 3.05) is 24.7 Å². The topological polar surface area (TPSA) is 69.4 Å². The molecule has 1 aliphatic carbocycles. The molecule has 0 bridgehead atoms. The first-order valence-corrected chi connectivity index (χ1v) is 11.5. The van der Waals surface area contributed by atoms with Crippen LogP contribution < -0.4 is 10.5 Å². The van der Waals surface area contributed by atoms with Crippen LogP contribution in [0.25, 0.3) is 0 Å². The number of ether oxygens (including phenoxy) is 1. The first-order chi connectivity index (χ1) is 12.3. The Hall–Kier alpha value is -1.14. The van der Waals surface area contributed by atoms with Crippen molar-refractivity contribution in [3.63, 3.8) is 0 Å². The van der Waals surface area contributed by atoms with Gasteiger partial charge >= 0.3 is 0 Å². The van der Waals surface area contributed by atoms with Gasteiger partial charge in [0.25, 0.3) is 0 Å². The highest BCUT2D eigenvalue weighted by atomic mass is 32.2. The average Bonchev–Trinajstić information content (AvgIpc) is 3.40. The van der Waals surface area contributed by atoms with E-state index >= 15 is 0 Å². The van der Waals surface area contributed by atoms with Gasteiger partial charge in [0, 0.05) is 5.92 Å². The number of unbranched alkanes of at least 4 members (excludes halogenated alkanes) is 2. The zero-order chi connectivity index (χ0) is 19.2. The quantitative estimate of drug-likeness (QED) is 0.554. The second-order valence-electron chi connectivity index (χ2n) is 7.76. The SMILES string of the molecule is CC(C)C(CS(=O)(=O)CCCCCN)c1ccc(F)c(OCC2CC2)c1. The van der Waals surface area contributed by atoms with Crippen LogP contribution in [0.3, 0.4) is 0 Å². The molecule has 1 unspecified atom stereocenters. The lowest BCUT2D eigenvalue weighted by molar-refractivity contribution is 0.284. The standard InChI is InChI=1S/C20H32FNO3S/c1-15(2)18(14-26(23,24)11-5-3-4-10-22)17-8-9-19(21)20(12-17)25-13-16-6-7-16/h8-9,12,15-16,18H,3-7,10-11,13-14,22H2,1-2H3. The van der Waals surface area contributed by atoms with E-state index < -0.39 is 9.84 Å². The van der Waals surface area contributed by atoms with Gasteiger partial charge in [-0.2, -0.15) is 0 Å². The van der Waals surface area contributed by atoms with E-state index in [-0.39, 0.29) is 34.9 Å². The Morgan fingerprint density at radius 3 is 2.58 bits per heavy atom. The molecule has 1 fully saturated rings. The fourth-order valence-electron chi connectivity index (χ4n) is 3.03. The van der Waals surface area contributed by atoms with E-state index in [9.17, 15) is 12.8 Å². The van der Waals surface area contributed by atoms with Crippen molar-refractivity contribution >= 4 is 9.84 Å². The van der Waals surface area contributed by atoms with Crippen LogP contribution in [0.5, 0.6) is 5.75 Å². The summed E-state index contributed by atoms with van der Waals surface area (Å²) >= 11 is 0. The Kier molecular flexibility index (Phi) is 7.89. The second-order valence-corrected chi connectivity index (χ2v) is 9.99. The molecule has 1 aliphatic rings. The summed E-state index contributed by atoms with van der Waals surface area (Å²) in [5, 5.41) is 0. The van der Waals surface area contributed by atoms with Crippen LogP contribution in [0, 0.1) is 17.7 Å².